The average molecular weight is 799 g/mol. The standard InChI is InChI=1S/C39H54N4O8S2Si/c1-7-9-20-39(21-10-8-2)26-43(28-14-12-11-13-15-28)31-22-33(52-3)32(23-34(31)53(49,50)42-39)51-24-35(45)41-36(27-16-18-29(44)19-17-27)37(46)40-30(38(47)48)25-54(4,5)6/h11-19,22-23,30,36,42,44H,7-10,20-21,24-26H2,1-6H3,(H,40,46)(H,41,45)(H,47,48)/t30-,36+/m0/s1. The topological polar surface area (TPSA) is 174 Å². The fourth-order valence-corrected chi connectivity index (χ4v) is 10.3. The van der Waals surface area contributed by atoms with Crippen LogP contribution in [0.15, 0.2) is 76.5 Å². The van der Waals surface area contributed by atoms with Crippen molar-refractivity contribution >= 4 is 59.0 Å². The van der Waals surface area contributed by atoms with Gasteiger partial charge in [-0.2, -0.15) is 0 Å². The zero-order chi connectivity index (χ0) is 39.7. The Morgan fingerprint density at radius 1 is 0.981 bits per heavy atom. The third-order valence-corrected chi connectivity index (χ3v) is 13.3. The number of carbonyl (C=O) groups excluding carboxylic acids is 2. The van der Waals surface area contributed by atoms with Crippen LogP contribution in [0.25, 0.3) is 0 Å². The Hall–Kier alpha value is -4.05. The molecule has 1 aliphatic rings. The molecule has 4 rings (SSSR count). The smallest absolute Gasteiger partial charge is 0.325 e. The second kappa shape index (κ2) is 18.5. The van der Waals surface area contributed by atoms with Gasteiger partial charge in [-0.05, 0) is 61.0 Å². The molecule has 1 aliphatic heterocycles. The van der Waals surface area contributed by atoms with E-state index in [9.17, 15) is 33.0 Å². The summed E-state index contributed by atoms with van der Waals surface area (Å²) in [6, 6.07) is 16.4. The van der Waals surface area contributed by atoms with Gasteiger partial charge in [0.1, 0.15) is 28.5 Å². The van der Waals surface area contributed by atoms with Crippen LogP contribution >= 0.6 is 11.8 Å². The molecular formula is C39H54N4O8S2Si. The molecule has 0 saturated carbocycles. The van der Waals surface area contributed by atoms with Crippen molar-refractivity contribution in [1.29, 1.82) is 0 Å². The average Bonchev–Trinajstić information content (AvgIpc) is 3.22. The SMILES string of the molecule is CCCCC1(CCCC)CN(c2ccccc2)c2cc(SC)c(OCC(=O)N[C@@H](C(=O)N[C@@H](C[Si](C)(C)C)C(=O)O)c3ccc(O)cc3)cc2S(=O)(=O)N1. The van der Waals surface area contributed by atoms with Gasteiger partial charge in [-0.1, -0.05) is 89.5 Å². The lowest BCUT2D eigenvalue weighted by atomic mass is 9.87. The first kappa shape index (κ1) is 42.7. The van der Waals surface area contributed by atoms with Crippen molar-refractivity contribution in [1.82, 2.24) is 15.4 Å². The number of sulfonamides is 1. The number of unbranched alkanes of at least 4 members (excludes halogenated alkanes) is 2. The highest BCUT2D eigenvalue weighted by Crippen LogP contribution is 2.44. The lowest BCUT2D eigenvalue weighted by Crippen LogP contribution is -2.53. The van der Waals surface area contributed by atoms with E-state index in [2.05, 4.69) is 34.1 Å². The van der Waals surface area contributed by atoms with Crippen LogP contribution in [-0.2, 0) is 24.4 Å². The van der Waals surface area contributed by atoms with Gasteiger partial charge in [-0.25, -0.2) is 13.1 Å². The zero-order valence-corrected chi connectivity index (χ0v) is 34.6. The number of phenolic OH excluding ortho intramolecular Hbond substituents is 1. The number of aromatic hydroxyl groups is 1. The molecule has 3 aromatic rings. The van der Waals surface area contributed by atoms with Crippen LogP contribution in [-0.4, -0.2) is 75.5 Å². The van der Waals surface area contributed by atoms with Crippen molar-refractivity contribution in [3.63, 3.8) is 0 Å². The summed E-state index contributed by atoms with van der Waals surface area (Å²) in [6.07, 6.45) is 6.70. The number of carboxylic acids is 1. The molecule has 0 spiro atoms. The molecule has 1 heterocycles. The number of thioether (sulfide) groups is 1. The maximum absolute atomic E-state index is 14.3. The maximum atomic E-state index is 14.3. The third-order valence-electron chi connectivity index (χ3n) is 9.31. The number of anilines is 2. The van der Waals surface area contributed by atoms with Gasteiger partial charge in [0.25, 0.3) is 5.91 Å². The Labute approximate surface area is 324 Å². The number of aliphatic carboxylic acids is 1. The molecule has 0 bridgehead atoms. The number of ether oxygens (including phenoxy) is 1. The molecule has 5 N–H and O–H groups in total. The summed E-state index contributed by atoms with van der Waals surface area (Å²) < 4.78 is 37.8. The van der Waals surface area contributed by atoms with Crippen molar-refractivity contribution in [3.05, 3.63) is 72.3 Å². The number of para-hydroxylation sites is 1. The van der Waals surface area contributed by atoms with Crippen molar-refractivity contribution in [2.75, 3.05) is 24.3 Å². The monoisotopic (exact) mass is 798 g/mol. The molecule has 0 fully saturated rings. The summed E-state index contributed by atoms with van der Waals surface area (Å²) >= 11 is 1.34. The molecule has 0 radical (unpaired) electrons. The number of hydrogen-bond acceptors (Lipinski definition) is 9. The van der Waals surface area contributed by atoms with Crippen molar-refractivity contribution in [2.45, 2.75) is 105 Å². The number of benzene rings is 3. The van der Waals surface area contributed by atoms with Gasteiger partial charge >= 0.3 is 5.97 Å². The Balaban J connectivity index is 1.68. The van der Waals surface area contributed by atoms with Crippen molar-refractivity contribution in [2.24, 2.45) is 0 Å². The van der Waals surface area contributed by atoms with Crippen LogP contribution in [0.1, 0.15) is 64.0 Å². The van der Waals surface area contributed by atoms with E-state index in [4.69, 9.17) is 4.74 Å². The quantitative estimate of drug-likeness (QED) is 0.0680. The molecule has 15 heteroatoms. The predicted octanol–water partition coefficient (Wildman–Crippen LogP) is 6.81. The Morgan fingerprint density at radius 2 is 1.61 bits per heavy atom. The van der Waals surface area contributed by atoms with E-state index in [0.717, 1.165) is 31.4 Å². The van der Waals surface area contributed by atoms with Crippen LogP contribution in [0.4, 0.5) is 11.4 Å². The van der Waals surface area contributed by atoms with Gasteiger partial charge in [-0.15, -0.1) is 11.8 Å². The van der Waals surface area contributed by atoms with E-state index >= 15 is 0 Å². The predicted molar refractivity (Wildman–Crippen MR) is 216 cm³/mol. The molecule has 0 aliphatic carbocycles. The second-order valence-corrected chi connectivity index (χ2v) is 23.1. The fraction of sp³-hybridized carbons (Fsp3) is 0.462. The van der Waals surface area contributed by atoms with Gasteiger partial charge in [0.05, 0.1) is 16.1 Å². The second-order valence-electron chi connectivity index (χ2n) is 15.0. The zero-order valence-electron chi connectivity index (χ0n) is 32.0. The summed E-state index contributed by atoms with van der Waals surface area (Å²) in [5, 5.41) is 24.9. The van der Waals surface area contributed by atoms with E-state index in [-0.39, 0.29) is 22.4 Å². The summed E-state index contributed by atoms with van der Waals surface area (Å²) in [6.45, 7) is 10.0. The maximum Gasteiger partial charge on any atom is 0.325 e. The van der Waals surface area contributed by atoms with E-state index in [0.29, 0.717) is 35.5 Å². The van der Waals surface area contributed by atoms with Crippen LogP contribution in [0.3, 0.4) is 0 Å². The normalized spacial score (nSPS) is 16.0. The molecular weight excluding hydrogens is 745 g/mol. The Kier molecular flexibility index (Phi) is 14.6. The van der Waals surface area contributed by atoms with Crippen LogP contribution in [0.5, 0.6) is 11.5 Å². The van der Waals surface area contributed by atoms with Crippen molar-refractivity contribution in [3.8, 4) is 11.5 Å². The molecule has 2 amide bonds. The van der Waals surface area contributed by atoms with Crippen LogP contribution < -0.4 is 25.0 Å². The number of nitrogens with one attached hydrogen (secondary N) is 3. The molecule has 0 saturated heterocycles. The fourth-order valence-electron chi connectivity index (χ4n) is 6.62. The number of nitrogens with zero attached hydrogens (tertiary/aromatic N) is 1. The third kappa shape index (κ3) is 11.2. The summed E-state index contributed by atoms with van der Waals surface area (Å²) in [4.78, 5) is 41.8. The van der Waals surface area contributed by atoms with E-state index in [1.807, 2.05) is 56.2 Å². The lowest BCUT2D eigenvalue weighted by Gasteiger charge is -2.37. The van der Waals surface area contributed by atoms with Gasteiger partial charge in [0.15, 0.2) is 6.61 Å². The number of hydrogen-bond donors (Lipinski definition) is 5. The summed E-state index contributed by atoms with van der Waals surface area (Å²) in [5.74, 6) is -2.49. The van der Waals surface area contributed by atoms with Gasteiger partial charge in [-0.3, -0.25) is 14.4 Å². The first-order valence-corrected chi connectivity index (χ1v) is 24.8. The molecule has 294 valence electrons. The highest BCUT2D eigenvalue weighted by molar-refractivity contribution is 7.98. The first-order valence-electron chi connectivity index (χ1n) is 18.3. The number of carbonyl (C=O) groups is 3. The number of carboxylic acid groups (broad SMARTS) is 1. The minimum absolute atomic E-state index is 0.0258. The summed E-state index contributed by atoms with van der Waals surface area (Å²) in [7, 11) is -5.99. The van der Waals surface area contributed by atoms with Crippen LogP contribution in [0, 0.1) is 0 Å². The van der Waals surface area contributed by atoms with Gasteiger partial charge in [0.2, 0.25) is 15.9 Å². The number of amides is 2. The highest BCUT2D eigenvalue weighted by Gasteiger charge is 2.42. The van der Waals surface area contributed by atoms with Gasteiger partial charge in [0, 0.05) is 26.4 Å². The molecule has 54 heavy (non-hydrogen) atoms. The molecule has 2 atom stereocenters. The first-order chi connectivity index (χ1) is 25.5. The molecule has 0 unspecified atom stereocenters. The van der Waals surface area contributed by atoms with Gasteiger partial charge < -0.3 is 30.5 Å². The van der Waals surface area contributed by atoms with E-state index < -0.39 is 60.1 Å². The number of fused-ring (bicyclic) bond motifs is 1. The van der Waals surface area contributed by atoms with Crippen molar-refractivity contribution < 1.29 is 37.8 Å². The number of phenols is 1. The molecule has 12 nitrogen and oxygen atoms in total. The van der Waals surface area contributed by atoms with Crippen LogP contribution in [0.2, 0.25) is 25.7 Å². The Bertz CT molecular complexity index is 1860. The highest BCUT2D eigenvalue weighted by atomic mass is 32.2. The lowest BCUT2D eigenvalue weighted by molar-refractivity contribution is -0.141. The van der Waals surface area contributed by atoms with E-state index in [1.54, 1.807) is 6.07 Å². The minimum atomic E-state index is -4.08. The molecule has 3 aromatic carbocycles. The largest absolute Gasteiger partial charge is 0.508 e. The molecule has 0 aromatic heterocycles. The minimum Gasteiger partial charge on any atom is -0.508 e. The summed E-state index contributed by atoms with van der Waals surface area (Å²) in [5.41, 5.74) is 0.945. The number of rotatable bonds is 18. The Morgan fingerprint density at radius 3 is 2.17 bits per heavy atom. The van der Waals surface area contributed by atoms with E-state index in [1.165, 1.54) is 42.1 Å².